The quantitative estimate of drug-likeness (QED) is 0.403. The Labute approximate surface area is 172 Å². The zero-order valence-electron chi connectivity index (χ0n) is 18.9. The molecule has 0 aromatic heterocycles. The Morgan fingerprint density at radius 1 is 1.18 bits per heavy atom. The van der Waals surface area contributed by atoms with Crippen molar-refractivity contribution in [2.75, 3.05) is 0 Å². The number of benzene rings is 1. The fraction of sp³-hybridized carbons (Fsp3) is 0.692. The van der Waals surface area contributed by atoms with E-state index in [0.717, 1.165) is 37.0 Å². The van der Waals surface area contributed by atoms with Gasteiger partial charge in [0.2, 0.25) is 0 Å². The summed E-state index contributed by atoms with van der Waals surface area (Å²) in [7, 11) is 0. The molecule has 2 atom stereocenters. The van der Waals surface area contributed by atoms with E-state index < -0.39 is 0 Å². The van der Waals surface area contributed by atoms with Gasteiger partial charge in [-0.1, -0.05) is 58.1 Å². The number of aromatic hydroxyl groups is 1. The number of hydrogen-bond donors (Lipinski definition) is 1. The van der Waals surface area contributed by atoms with Gasteiger partial charge in [-0.2, -0.15) is 0 Å². The van der Waals surface area contributed by atoms with E-state index in [9.17, 15) is 5.11 Å². The molecule has 1 N–H and O–H groups in total. The van der Waals surface area contributed by atoms with Gasteiger partial charge < -0.3 is 9.84 Å². The summed E-state index contributed by atoms with van der Waals surface area (Å²) < 4.78 is 6.56. The van der Waals surface area contributed by atoms with Crippen LogP contribution in [-0.4, -0.2) is 10.7 Å². The minimum absolute atomic E-state index is 0.0462. The van der Waals surface area contributed by atoms with Crippen molar-refractivity contribution >= 4 is 0 Å². The zero-order chi connectivity index (χ0) is 20.5. The van der Waals surface area contributed by atoms with Crippen LogP contribution in [0.2, 0.25) is 0 Å². The summed E-state index contributed by atoms with van der Waals surface area (Å²) in [6, 6.07) is 4.26. The first-order valence-corrected chi connectivity index (χ1v) is 11.4. The lowest BCUT2D eigenvalue weighted by Gasteiger charge is -2.45. The Morgan fingerprint density at radius 2 is 1.93 bits per heavy atom. The second-order valence-electron chi connectivity index (χ2n) is 10.3. The molecule has 0 saturated heterocycles. The lowest BCUT2D eigenvalue weighted by Crippen LogP contribution is -2.44. The molecule has 0 radical (unpaired) electrons. The van der Waals surface area contributed by atoms with Gasteiger partial charge in [0.1, 0.15) is 17.1 Å². The third kappa shape index (κ3) is 4.26. The number of rotatable bonds is 6. The van der Waals surface area contributed by atoms with E-state index in [1.54, 1.807) is 0 Å². The minimum Gasteiger partial charge on any atom is -0.508 e. The molecule has 1 aliphatic carbocycles. The molecule has 1 aromatic carbocycles. The fourth-order valence-corrected chi connectivity index (χ4v) is 5.29. The second kappa shape index (κ2) is 8.13. The Morgan fingerprint density at radius 3 is 2.64 bits per heavy atom. The van der Waals surface area contributed by atoms with Gasteiger partial charge in [0.25, 0.3) is 0 Å². The van der Waals surface area contributed by atoms with Crippen LogP contribution < -0.4 is 4.74 Å². The molecule has 28 heavy (non-hydrogen) atoms. The number of fused-ring (bicyclic) bond motifs is 3. The first-order valence-electron chi connectivity index (χ1n) is 11.4. The molecule has 0 bridgehead atoms. The SMILES string of the molecule is CCCCCCC(C)(C)c1cc(O)c2c(c1)OC(C)(C)[C@@H]1CCC(C)=CC[C@@H]21. The molecule has 0 spiro atoms. The van der Waals surface area contributed by atoms with E-state index in [0.29, 0.717) is 17.6 Å². The molecule has 156 valence electrons. The Hall–Kier alpha value is -1.44. The molecule has 2 nitrogen and oxygen atoms in total. The number of unbranched alkanes of at least 4 members (excludes halogenated alkanes) is 3. The van der Waals surface area contributed by atoms with E-state index in [2.05, 4.69) is 53.7 Å². The molecule has 1 aliphatic heterocycles. The van der Waals surface area contributed by atoms with Gasteiger partial charge in [-0.25, -0.2) is 0 Å². The van der Waals surface area contributed by atoms with E-state index >= 15 is 0 Å². The van der Waals surface area contributed by atoms with Gasteiger partial charge in [-0.3, -0.25) is 0 Å². The number of hydrogen-bond acceptors (Lipinski definition) is 2. The third-order valence-corrected chi connectivity index (χ3v) is 7.25. The highest BCUT2D eigenvalue weighted by Crippen LogP contribution is 2.54. The van der Waals surface area contributed by atoms with Crippen LogP contribution in [0.3, 0.4) is 0 Å². The van der Waals surface area contributed by atoms with Crippen molar-refractivity contribution in [3.8, 4) is 11.5 Å². The summed E-state index contributed by atoms with van der Waals surface area (Å²) in [5.74, 6) is 2.13. The molecule has 1 heterocycles. The maximum Gasteiger partial charge on any atom is 0.127 e. The topological polar surface area (TPSA) is 29.5 Å². The molecule has 0 fully saturated rings. The van der Waals surface area contributed by atoms with Crippen LogP contribution >= 0.6 is 0 Å². The predicted octanol–water partition coefficient (Wildman–Crippen LogP) is 7.64. The van der Waals surface area contributed by atoms with Crippen LogP contribution in [0.25, 0.3) is 0 Å². The monoisotopic (exact) mass is 384 g/mol. The van der Waals surface area contributed by atoms with Crippen LogP contribution in [0.4, 0.5) is 0 Å². The number of phenols is 1. The van der Waals surface area contributed by atoms with E-state index in [1.807, 2.05) is 6.07 Å². The average molecular weight is 385 g/mol. The Bertz CT molecular complexity index is 726. The molecule has 0 saturated carbocycles. The first kappa shape index (κ1) is 21.3. The average Bonchev–Trinajstić information content (AvgIpc) is 2.80. The van der Waals surface area contributed by atoms with Gasteiger partial charge in [0.15, 0.2) is 0 Å². The van der Waals surface area contributed by atoms with Crippen molar-refractivity contribution in [2.45, 2.75) is 110 Å². The van der Waals surface area contributed by atoms with Gasteiger partial charge in [0, 0.05) is 17.4 Å². The maximum atomic E-state index is 11.1. The molecule has 0 unspecified atom stereocenters. The van der Waals surface area contributed by atoms with Gasteiger partial charge in [-0.15, -0.1) is 0 Å². The van der Waals surface area contributed by atoms with E-state index in [-0.39, 0.29) is 11.0 Å². The summed E-state index contributed by atoms with van der Waals surface area (Å²) in [6.07, 6.45) is 11.9. The van der Waals surface area contributed by atoms with Crippen molar-refractivity contribution in [1.82, 2.24) is 0 Å². The summed E-state index contributed by atoms with van der Waals surface area (Å²) in [4.78, 5) is 0. The van der Waals surface area contributed by atoms with Gasteiger partial charge in [-0.05, 0) is 69.6 Å². The molecule has 1 aromatic rings. The Balaban J connectivity index is 1.94. The summed E-state index contributed by atoms with van der Waals surface area (Å²) in [5.41, 5.74) is 3.56. The highest BCUT2D eigenvalue weighted by molar-refractivity contribution is 5.53. The predicted molar refractivity (Wildman–Crippen MR) is 118 cm³/mol. The molecule has 0 amide bonds. The van der Waals surface area contributed by atoms with Crippen molar-refractivity contribution in [1.29, 1.82) is 0 Å². The molecule has 2 aliphatic rings. The van der Waals surface area contributed by atoms with Crippen molar-refractivity contribution in [3.63, 3.8) is 0 Å². The smallest absolute Gasteiger partial charge is 0.127 e. The fourth-order valence-electron chi connectivity index (χ4n) is 5.29. The Kier molecular flexibility index (Phi) is 6.17. The normalized spacial score (nSPS) is 23.9. The lowest BCUT2D eigenvalue weighted by atomic mass is 9.70. The van der Waals surface area contributed by atoms with Crippen LogP contribution in [0, 0.1) is 5.92 Å². The molecular formula is C26H40O2. The standard InChI is InChI=1S/C26H40O2/c1-7-8-9-10-15-25(3,4)19-16-22(27)24-20-13-11-18(2)12-14-21(20)26(5,6)28-23(24)17-19/h11,16-17,20-21,27H,7-10,12-15H2,1-6H3/t20-,21-/m1/s1. The second-order valence-corrected chi connectivity index (χ2v) is 10.3. The minimum atomic E-state index is -0.202. The van der Waals surface area contributed by atoms with Crippen LogP contribution in [0.15, 0.2) is 23.8 Å². The van der Waals surface area contributed by atoms with Crippen LogP contribution in [0.5, 0.6) is 11.5 Å². The molecule has 2 heteroatoms. The van der Waals surface area contributed by atoms with E-state index in [1.165, 1.54) is 36.8 Å². The highest BCUT2D eigenvalue weighted by Gasteiger charge is 2.45. The van der Waals surface area contributed by atoms with Gasteiger partial charge >= 0.3 is 0 Å². The van der Waals surface area contributed by atoms with Crippen LogP contribution in [-0.2, 0) is 5.41 Å². The highest BCUT2D eigenvalue weighted by atomic mass is 16.5. The summed E-state index contributed by atoms with van der Waals surface area (Å²) >= 11 is 0. The van der Waals surface area contributed by atoms with Crippen LogP contribution in [0.1, 0.15) is 110 Å². The van der Waals surface area contributed by atoms with Crippen molar-refractivity contribution in [3.05, 3.63) is 34.9 Å². The molecule has 3 rings (SSSR count). The third-order valence-electron chi connectivity index (χ3n) is 7.25. The maximum absolute atomic E-state index is 11.1. The number of phenolic OH excluding ortho intramolecular Hbond substituents is 1. The lowest BCUT2D eigenvalue weighted by molar-refractivity contribution is 0.00647. The molecular weight excluding hydrogens is 344 g/mol. The largest absolute Gasteiger partial charge is 0.508 e. The summed E-state index contributed by atoms with van der Waals surface area (Å²) in [5, 5.41) is 11.1. The number of ether oxygens (including phenoxy) is 1. The summed E-state index contributed by atoms with van der Waals surface area (Å²) in [6.45, 7) is 13.5. The van der Waals surface area contributed by atoms with E-state index in [4.69, 9.17) is 4.74 Å². The number of allylic oxidation sites excluding steroid dienone is 2. The first-order chi connectivity index (χ1) is 13.2. The van der Waals surface area contributed by atoms with Crippen molar-refractivity contribution < 1.29 is 9.84 Å². The van der Waals surface area contributed by atoms with Crippen molar-refractivity contribution in [2.24, 2.45) is 5.92 Å². The zero-order valence-corrected chi connectivity index (χ0v) is 18.9. The van der Waals surface area contributed by atoms with Gasteiger partial charge in [0.05, 0.1) is 0 Å².